The van der Waals surface area contributed by atoms with Crippen LogP contribution in [0.5, 0.6) is 11.5 Å². The van der Waals surface area contributed by atoms with Crippen LogP contribution in [0.25, 0.3) is 0 Å². The Morgan fingerprint density at radius 1 is 0.738 bits per heavy atom. The van der Waals surface area contributed by atoms with Gasteiger partial charge in [0.05, 0.1) is 5.56 Å². The summed E-state index contributed by atoms with van der Waals surface area (Å²) in [6.07, 6.45) is 7.11. The van der Waals surface area contributed by atoms with E-state index < -0.39 is 5.60 Å². The molecule has 4 aromatic carbocycles. The van der Waals surface area contributed by atoms with Gasteiger partial charge in [-0.25, -0.2) is 4.79 Å². The van der Waals surface area contributed by atoms with Crippen LogP contribution in [-0.2, 0) is 10.3 Å². The summed E-state index contributed by atoms with van der Waals surface area (Å²) in [6.45, 7) is 6.50. The lowest BCUT2D eigenvalue weighted by Crippen LogP contribution is -2.33. The number of unbranched alkanes of at least 4 members (excludes halogenated alkanes) is 4. The second-order valence-electron chi connectivity index (χ2n) is 11.1. The molecule has 2 aliphatic heterocycles. The molecule has 6 rings (SSSR count). The number of hydrogen-bond donors (Lipinski definition) is 1. The van der Waals surface area contributed by atoms with Crippen LogP contribution in [0.15, 0.2) is 84.9 Å². The van der Waals surface area contributed by atoms with E-state index in [9.17, 15) is 4.79 Å². The number of rotatable bonds is 11. The quantitative estimate of drug-likeness (QED) is 0.141. The number of hydrogen-bond acceptors (Lipinski definition) is 5. The smallest absolute Gasteiger partial charge is 0.340 e. The fraction of sp³-hybridized carbons (Fsp3) is 0.306. The minimum absolute atomic E-state index is 0.328. The molecule has 0 aliphatic carbocycles. The zero-order valence-corrected chi connectivity index (χ0v) is 25.0. The van der Waals surface area contributed by atoms with Crippen molar-refractivity contribution in [1.82, 2.24) is 0 Å². The Balaban J connectivity index is 1.44. The van der Waals surface area contributed by atoms with Crippen molar-refractivity contribution in [2.75, 3.05) is 23.3 Å². The Hall–Kier alpha value is -3.96. The number of benzene rings is 4. The molecule has 0 amide bonds. The molecule has 1 unspecified atom stereocenters. The average Bonchev–Trinajstić information content (AvgIpc) is 3.30. The predicted molar refractivity (Wildman–Crippen MR) is 171 cm³/mol. The van der Waals surface area contributed by atoms with Crippen LogP contribution < -0.4 is 15.0 Å². The minimum atomic E-state index is -1.11. The van der Waals surface area contributed by atoms with Crippen molar-refractivity contribution in [2.24, 2.45) is 0 Å². The standard InChI is InChI=1S/C36H37ClN2O3/c1-3-5-9-21-39(22-10-6-4-2)28-18-19-31-34(24-28)41-33-20-17-27(38-26-15-13-25(37)14-16-26)23-32(33)36(31)30-12-8-7-11-29(30)35(40)42-36/h7-8,11-20,23-24,38H,3-6,9-10,21-22H2,1-2H3. The lowest BCUT2D eigenvalue weighted by atomic mass is 9.77. The Bertz CT molecular complexity index is 1580. The first-order valence-corrected chi connectivity index (χ1v) is 15.5. The van der Waals surface area contributed by atoms with Crippen LogP contribution in [0.4, 0.5) is 17.1 Å². The highest BCUT2D eigenvalue weighted by molar-refractivity contribution is 6.30. The summed E-state index contributed by atoms with van der Waals surface area (Å²) in [5.41, 5.74) is 4.84. The number of halogens is 1. The first kappa shape index (κ1) is 28.2. The van der Waals surface area contributed by atoms with Gasteiger partial charge in [-0.1, -0.05) is 69.3 Å². The monoisotopic (exact) mass is 580 g/mol. The maximum absolute atomic E-state index is 13.3. The molecule has 5 nitrogen and oxygen atoms in total. The molecular formula is C36H37ClN2O3. The molecule has 0 saturated carbocycles. The summed E-state index contributed by atoms with van der Waals surface area (Å²) in [7, 11) is 0. The van der Waals surface area contributed by atoms with Crippen LogP contribution >= 0.6 is 11.6 Å². The summed E-state index contributed by atoms with van der Waals surface area (Å²) in [6, 6.07) is 27.6. The number of ether oxygens (including phenoxy) is 2. The van der Waals surface area contributed by atoms with E-state index in [0.717, 1.165) is 65.4 Å². The zero-order valence-electron chi connectivity index (χ0n) is 24.3. The van der Waals surface area contributed by atoms with Gasteiger partial charge < -0.3 is 19.7 Å². The highest BCUT2D eigenvalue weighted by Crippen LogP contribution is 2.57. The normalized spacial score (nSPS) is 16.3. The average molecular weight is 581 g/mol. The van der Waals surface area contributed by atoms with Crippen LogP contribution in [0.1, 0.15) is 79.4 Å². The van der Waals surface area contributed by atoms with Crippen LogP contribution in [-0.4, -0.2) is 19.1 Å². The van der Waals surface area contributed by atoms with Crippen molar-refractivity contribution in [3.05, 3.63) is 112 Å². The summed E-state index contributed by atoms with van der Waals surface area (Å²) < 4.78 is 13.0. The van der Waals surface area contributed by atoms with Crippen molar-refractivity contribution >= 4 is 34.6 Å². The van der Waals surface area contributed by atoms with Gasteiger partial charge in [-0.05, 0) is 73.5 Å². The Labute approximate surface area is 253 Å². The third-order valence-corrected chi connectivity index (χ3v) is 8.51. The van der Waals surface area contributed by atoms with E-state index in [0.29, 0.717) is 16.3 Å². The number of carbonyl (C=O) groups excluding carboxylic acids is 1. The number of nitrogens with one attached hydrogen (secondary N) is 1. The van der Waals surface area contributed by atoms with Gasteiger partial charge >= 0.3 is 5.97 Å². The summed E-state index contributed by atoms with van der Waals surface area (Å²) >= 11 is 6.10. The molecule has 2 aliphatic rings. The molecule has 216 valence electrons. The first-order chi connectivity index (χ1) is 20.5. The molecule has 6 heteroatoms. The zero-order chi connectivity index (χ0) is 29.1. The van der Waals surface area contributed by atoms with Gasteiger partial charge in [0.1, 0.15) is 11.5 Å². The van der Waals surface area contributed by atoms with Crippen LogP contribution in [0, 0.1) is 0 Å². The van der Waals surface area contributed by atoms with Gasteiger partial charge in [0.25, 0.3) is 0 Å². The maximum Gasteiger partial charge on any atom is 0.340 e. The van der Waals surface area contributed by atoms with Gasteiger partial charge in [-0.15, -0.1) is 0 Å². The molecule has 4 aromatic rings. The van der Waals surface area contributed by atoms with Gasteiger partial charge in [0, 0.05) is 57.9 Å². The second kappa shape index (κ2) is 12.1. The van der Waals surface area contributed by atoms with Gasteiger partial charge in [0.15, 0.2) is 5.60 Å². The summed E-state index contributed by atoms with van der Waals surface area (Å²) in [4.78, 5) is 15.8. The molecule has 42 heavy (non-hydrogen) atoms. The third kappa shape index (κ3) is 5.22. The summed E-state index contributed by atoms with van der Waals surface area (Å²) in [5.74, 6) is 1.07. The van der Waals surface area contributed by atoms with E-state index in [-0.39, 0.29) is 5.97 Å². The van der Waals surface area contributed by atoms with Crippen molar-refractivity contribution in [2.45, 2.75) is 58.0 Å². The molecule has 1 N–H and O–H groups in total. The summed E-state index contributed by atoms with van der Waals surface area (Å²) in [5, 5.41) is 4.14. The lowest BCUT2D eigenvalue weighted by molar-refractivity contribution is 0.0224. The van der Waals surface area contributed by atoms with Crippen LogP contribution in [0.2, 0.25) is 5.02 Å². The molecule has 0 aromatic heterocycles. The van der Waals surface area contributed by atoms with E-state index in [1.165, 1.54) is 25.7 Å². The SMILES string of the molecule is CCCCCN(CCCCC)c1ccc2c(c1)Oc1ccc(Nc3ccc(Cl)cc3)cc1C21OC(=O)c2ccccc21. The van der Waals surface area contributed by atoms with Gasteiger partial charge in [-0.2, -0.15) is 0 Å². The lowest BCUT2D eigenvalue weighted by Gasteiger charge is -2.37. The van der Waals surface area contributed by atoms with Crippen molar-refractivity contribution < 1.29 is 14.3 Å². The van der Waals surface area contributed by atoms with E-state index in [1.54, 1.807) is 0 Å². The van der Waals surface area contributed by atoms with Crippen LogP contribution in [0.3, 0.4) is 0 Å². The van der Waals surface area contributed by atoms with E-state index in [2.05, 4.69) is 42.3 Å². The van der Waals surface area contributed by atoms with E-state index >= 15 is 0 Å². The highest BCUT2D eigenvalue weighted by Gasteiger charge is 2.53. The van der Waals surface area contributed by atoms with Crippen molar-refractivity contribution in [3.8, 4) is 11.5 Å². The van der Waals surface area contributed by atoms with Crippen molar-refractivity contribution in [3.63, 3.8) is 0 Å². The van der Waals surface area contributed by atoms with Gasteiger partial charge in [0.2, 0.25) is 0 Å². The van der Waals surface area contributed by atoms with Crippen molar-refractivity contribution in [1.29, 1.82) is 0 Å². The van der Waals surface area contributed by atoms with E-state index in [4.69, 9.17) is 21.1 Å². The molecular weight excluding hydrogens is 544 g/mol. The third-order valence-electron chi connectivity index (χ3n) is 8.26. The number of fused-ring (bicyclic) bond motifs is 6. The molecule has 1 atom stereocenters. The number of carbonyl (C=O) groups is 1. The highest BCUT2D eigenvalue weighted by atomic mass is 35.5. The predicted octanol–water partition coefficient (Wildman–Crippen LogP) is 9.84. The number of anilines is 3. The molecule has 1 spiro atoms. The first-order valence-electron chi connectivity index (χ1n) is 15.1. The molecule has 0 fully saturated rings. The molecule has 0 radical (unpaired) electrons. The van der Waals surface area contributed by atoms with Gasteiger partial charge in [-0.3, -0.25) is 0 Å². The Kier molecular flexibility index (Phi) is 8.12. The topological polar surface area (TPSA) is 50.8 Å². The largest absolute Gasteiger partial charge is 0.456 e. The maximum atomic E-state index is 13.3. The minimum Gasteiger partial charge on any atom is -0.456 e. The molecule has 2 heterocycles. The molecule has 0 bridgehead atoms. The van der Waals surface area contributed by atoms with E-state index in [1.807, 2.05) is 66.7 Å². The molecule has 0 saturated heterocycles. The Morgan fingerprint density at radius 2 is 1.45 bits per heavy atom. The Morgan fingerprint density at radius 3 is 2.19 bits per heavy atom. The number of esters is 1. The second-order valence-corrected chi connectivity index (χ2v) is 11.6. The fourth-order valence-corrected chi connectivity index (χ4v) is 6.24. The number of nitrogens with zero attached hydrogens (tertiary/aromatic N) is 1. The fourth-order valence-electron chi connectivity index (χ4n) is 6.11.